The van der Waals surface area contributed by atoms with E-state index in [4.69, 9.17) is 5.11 Å². The third-order valence-corrected chi connectivity index (χ3v) is 1.73. The third-order valence-electron chi connectivity index (χ3n) is 1.73. The molecular formula is C7H15NO. The smallest absolute Gasteiger partial charge is 0.0502 e. The van der Waals surface area contributed by atoms with E-state index >= 15 is 0 Å². The summed E-state index contributed by atoms with van der Waals surface area (Å²) in [6, 6.07) is 0. The van der Waals surface area contributed by atoms with Crippen molar-refractivity contribution in [3.63, 3.8) is 0 Å². The molecule has 0 spiro atoms. The molecule has 9 heavy (non-hydrogen) atoms. The number of hydrogen-bond acceptors (Lipinski definition) is 2. The Labute approximate surface area is 56.6 Å². The summed E-state index contributed by atoms with van der Waals surface area (Å²) in [5.41, 5.74) is -0.0399. The summed E-state index contributed by atoms with van der Waals surface area (Å²) < 4.78 is 0. The van der Waals surface area contributed by atoms with Crippen molar-refractivity contribution in [1.29, 1.82) is 0 Å². The van der Waals surface area contributed by atoms with Gasteiger partial charge >= 0.3 is 0 Å². The van der Waals surface area contributed by atoms with E-state index in [0.717, 1.165) is 6.42 Å². The highest BCUT2D eigenvalue weighted by Crippen LogP contribution is 2.19. The minimum Gasteiger partial charge on any atom is -0.396 e. The lowest BCUT2D eigenvalue weighted by molar-refractivity contribution is 0.146. The molecule has 2 heteroatoms. The molecule has 0 saturated carbocycles. The van der Waals surface area contributed by atoms with Crippen LogP contribution in [0.1, 0.15) is 20.3 Å². The summed E-state index contributed by atoms with van der Waals surface area (Å²) in [5, 5.41) is 8.83. The minimum absolute atomic E-state index is 0.0399. The van der Waals surface area contributed by atoms with Crippen LogP contribution in [0.2, 0.25) is 0 Å². The second-order valence-corrected chi connectivity index (χ2v) is 2.70. The van der Waals surface area contributed by atoms with Gasteiger partial charge < -0.3 is 10.1 Å². The molecule has 0 radical (unpaired) electrons. The maximum Gasteiger partial charge on any atom is 0.0502 e. The molecule has 0 aromatic carbocycles. The lowest BCUT2D eigenvalue weighted by Gasteiger charge is -2.22. The van der Waals surface area contributed by atoms with Gasteiger partial charge in [0.2, 0.25) is 0 Å². The molecular weight excluding hydrogens is 114 g/mol. The van der Waals surface area contributed by atoms with E-state index in [1.807, 2.05) is 13.8 Å². The first-order valence-corrected chi connectivity index (χ1v) is 3.22. The predicted octanol–water partition coefficient (Wildman–Crippen LogP) is 1.10. The summed E-state index contributed by atoms with van der Waals surface area (Å²) in [4.78, 5) is 3.74. The van der Waals surface area contributed by atoms with Gasteiger partial charge in [0.05, 0.1) is 6.61 Å². The number of aliphatic hydroxyl groups is 1. The zero-order valence-electron chi connectivity index (χ0n) is 6.22. The van der Waals surface area contributed by atoms with E-state index in [0.29, 0.717) is 6.54 Å². The van der Waals surface area contributed by atoms with Crippen molar-refractivity contribution in [2.24, 2.45) is 10.4 Å². The number of aliphatic hydroxyl groups excluding tert-OH is 1. The second-order valence-electron chi connectivity index (χ2n) is 2.70. The van der Waals surface area contributed by atoms with Gasteiger partial charge in [-0.05, 0) is 13.1 Å². The van der Waals surface area contributed by atoms with Crippen LogP contribution in [0.25, 0.3) is 0 Å². The molecule has 0 rings (SSSR count). The topological polar surface area (TPSA) is 32.6 Å². The molecule has 2 nitrogen and oxygen atoms in total. The van der Waals surface area contributed by atoms with Crippen molar-refractivity contribution in [3.05, 3.63) is 0 Å². The van der Waals surface area contributed by atoms with Crippen molar-refractivity contribution in [2.45, 2.75) is 20.3 Å². The van der Waals surface area contributed by atoms with Crippen LogP contribution in [0, 0.1) is 5.41 Å². The normalized spacial score (nSPS) is 16.8. The fraction of sp³-hybridized carbons (Fsp3) is 0.857. The average molecular weight is 129 g/mol. The molecule has 0 bridgehead atoms. The molecule has 0 aliphatic heterocycles. The first-order valence-electron chi connectivity index (χ1n) is 3.22. The Morgan fingerprint density at radius 2 is 2.22 bits per heavy atom. The summed E-state index contributed by atoms with van der Waals surface area (Å²) in [7, 11) is 0. The number of rotatable bonds is 4. The van der Waals surface area contributed by atoms with Crippen LogP contribution < -0.4 is 0 Å². The molecule has 0 aromatic rings. The van der Waals surface area contributed by atoms with Crippen LogP contribution in [-0.4, -0.2) is 25.0 Å². The highest BCUT2D eigenvalue weighted by molar-refractivity contribution is 5.23. The molecule has 0 aliphatic rings. The van der Waals surface area contributed by atoms with Gasteiger partial charge in [0, 0.05) is 12.0 Å². The number of nitrogens with zero attached hydrogens (tertiary/aromatic N) is 1. The van der Waals surface area contributed by atoms with E-state index in [2.05, 4.69) is 11.7 Å². The van der Waals surface area contributed by atoms with Crippen LogP contribution in [-0.2, 0) is 0 Å². The van der Waals surface area contributed by atoms with Gasteiger partial charge in [-0.3, -0.25) is 0 Å². The molecule has 0 fully saturated rings. The van der Waals surface area contributed by atoms with Crippen LogP contribution >= 0.6 is 0 Å². The maximum atomic E-state index is 8.83. The van der Waals surface area contributed by atoms with Gasteiger partial charge in [0.25, 0.3) is 0 Å². The van der Waals surface area contributed by atoms with E-state index in [-0.39, 0.29) is 12.0 Å². The van der Waals surface area contributed by atoms with E-state index in [9.17, 15) is 0 Å². The first-order chi connectivity index (χ1) is 4.18. The van der Waals surface area contributed by atoms with Gasteiger partial charge in [0.1, 0.15) is 0 Å². The van der Waals surface area contributed by atoms with Gasteiger partial charge in [-0.15, -0.1) is 0 Å². The fourth-order valence-electron chi connectivity index (χ4n) is 0.544. The zero-order valence-corrected chi connectivity index (χ0v) is 6.22. The van der Waals surface area contributed by atoms with Crippen molar-refractivity contribution in [2.75, 3.05) is 13.2 Å². The Hall–Kier alpha value is -0.370. The lowest BCUT2D eigenvalue weighted by Crippen LogP contribution is -2.23. The summed E-state index contributed by atoms with van der Waals surface area (Å²) >= 11 is 0. The van der Waals surface area contributed by atoms with Gasteiger partial charge in [-0.1, -0.05) is 13.8 Å². The Balaban J connectivity index is 3.75. The van der Waals surface area contributed by atoms with Crippen LogP contribution in [0.4, 0.5) is 0 Å². The molecule has 54 valence electrons. The summed E-state index contributed by atoms with van der Waals surface area (Å²) in [5.74, 6) is 0. The molecule has 1 N–H and O–H groups in total. The molecule has 0 heterocycles. The van der Waals surface area contributed by atoms with Gasteiger partial charge in [-0.2, -0.15) is 0 Å². The van der Waals surface area contributed by atoms with Crippen LogP contribution in [0.15, 0.2) is 4.99 Å². The van der Waals surface area contributed by atoms with Crippen LogP contribution in [0.5, 0.6) is 0 Å². The van der Waals surface area contributed by atoms with Crippen molar-refractivity contribution in [1.82, 2.24) is 0 Å². The first kappa shape index (κ1) is 8.63. The van der Waals surface area contributed by atoms with Crippen molar-refractivity contribution < 1.29 is 5.11 Å². The Bertz CT molecular complexity index is 86.9. The number of aliphatic imine (C=N–C) groups is 1. The van der Waals surface area contributed by atoms with Gasteiger partial charge in [-0.25, -0.2) is 0 Å². The number of hydrogen-bond donors (Lipinski definition) is 1. The average Bonchev–Trinajstić information content (AvgIpc) is 1.89. The third kappa shape index (κ3) is 2.61. The lowest BCUT2D eigenvalue weighted by atomic mass is 9.89. The molecule has 1 atom stereocenters. The fourth-order valence-corrected chi connectivity index (χ4v) is 0.544. The van der Waals surface area contributed by atoms with E-state index < -0.39 is 0 Å². The Morgan fingerprint density at radius 3 is 2.33 bits per heavy atom. The SMILES string of the molecule is C=NCC(C)(CC)CO. The van der Waals surface area contributed by atoms with E-state index in [1.165, 1.54) is 0 Å². The largest absolute Gasteiger partial charge is 0.396 e. The molecule has 0 aliphatic carbocycles. The molecule has 1 unspecified atom stereocenters. The Morgan fingerprint density at radius 1 is 1.67 bits per heavy atom. The maximum absolute atomic E-state index is 8.83. The standard InChI is InChI=1S/C7H15NO/c1-4-7(2,6-9)5-8-3/h9H,3-6H2,1-2H3. The van der Waals surface area contributed by atoms with Gasteiger partial charge in [0.15, 0.2) is 0 Å². The van der Waals surface area contributed by atoms with Crippen molar-refractivity contribution in [3.8, 4) is 0 Å². The zero-order chi connectivity index (χ0) is 7.33. The minimum atomic E-state index is -0.0399. The molecule has 0 amide bonds. The highest BCUT2D eigenvalue weighted by atomic mass is 16.3. The Kier molecular flexibility index (Phi) is 3.47. The molecule has 0 saturated heterocycles. The monoisotopic (exact) mass is 129 g/mol. The van der Waals surface area contributed by atoms with Crippen LogP contribution in [0.3, 0.4) is 0 Å². The van der Waals surface area contributed by atoms with E-state index in [1.54, 1.807) is 0 Å². The quantitative estimate of drug-likeness (QED) is 0.566. The highest BCUT2D eigenvalue weighted by Gasteiger charge is 2.19. The predicted molar refractivity (Wildman–Crippen MR) is 39.9 cm³/mol. The summed E-state index contributed by atoms with van der Waals surface area (Å²) in [6.45, 7) is 8.27. The summed E-state index contributed by atoms with van der Waals surface area (Å²) in [6.07, 6.45) is 0.947. The second kappa shape index (κ2) is 3.62. The molecule has 0 aromatic heterocycles. The van der Waals surface area contributed by atoms with Crippen molar-refractivity contribution >= 4 is 6.72 Å².